The third-order valence-corrected chi connectivity index (χ3v) is 5.10. The van der Waals surface area contributed by atoms with Crippen molar-refractivity contribution in [2.24, 2.45) is 11.7 Å². The SMILES string of the molecule is COC(=O)C(C)S(=O)(=O)N1CC(C)CC(N)C1. The van der Waals surface area contributed by atoms with Gasteiger partial charge < -0.3 is 10.5 Å². The number of carbonyl (C=O) groups excluding carboxylic acids is 1. The lowest BCUT2D eigenvalue weighted by atomic mass is 9.99. The lowest BCUT2D eigenvalue weighted by Crippen LogP contribution is -2.52. The molecular formula is C10H20N2O4S. The lowest BCUT2D eigenvalue weighted by Gasteiger charge is -2.34. The van der Waals surface area contributed by atoms with E-state index in [0.29, 0.717) is 6.54 Å². The highest BCUT2D eigenvalue weighted by atomic mass is 32.2. The second-order valence-electron chi connectivity index (χ2n) is 4.63. The summed E-state index contributed by atoms with van der Waals surface area (Å²) >= 11 is 0. The molecule has 0 aromatic rings. The third kappa shape index (κ3) is 3.17. The number of carbonyl (C=O) groups is 1. The minimum absolute atomic E-state index is 0.168. The Morgan fingerprint density at radius 3 is 2.53 bits per heavy atom. The summed E-state index contributed by atoms with van der Waals surface area (Å²) in [4.78, 5) is 11.3. The number of hydrogen-bond acceptors (Lipinski definition) is 5. The Morgan fingerprint density at radius 1 is 1.47 bits per heavy atom. The fourth-order valence-corrected chi connectivity index (χ4v) is 3.72. The molecule has 0 aliphatic carbocycles. The molecule has 3 unspecified atom stereocenters. The number of nitrogens with two attached hydrogens (primary N) is 1. The number of piperidine rings is 1. The zero-order valence-corrected chi connectivity index (χ0v) is 11.2. The summed E-state index contributed by atoms with van der Waals surface area (Å²) < 4.78 is 30.1. The molecule has 2 N–H and O–H groups in total. The molecule has 0 spiro atoms. The summed E-state index contributed by atoms with van der Waals surface area (Å²) in [6.45, 7) is 3.97. The first kappa shape index (κ1) is 14.4. The molecule has 1 saturated heterocycles. The van der Waals surface area contributed by atoms with Crippen LogP contribution in [0.4, 0.5) is 0 Å². The minimum atomic E-state index is -3.66. The van der Waals surface area contributed by atoms with Crippen molar-refractivity contribution in [3.05, 3.63) is 0 Å². The Labute approximate surface area is 102 Å². The van der Waals surface area contributed by atoms with Crippen LogP contribution in [0, 0.1) is 5.92 Å². The molecule has 1 heterocycles. The molecule has 3 atom stereocenters. The molecule has 0 aromatic carbocycles. The van der Waals surface area contributed by atoms with E-state index in [0.717, 1.165) is 6.42 Å². The Morgan fingerprint density at radius 2 is 2.06 bits per heavy atom. The monoisotopic (exact) mass is 264 g/mol. The second-order valence-corrected chi connectivity index (χ2v) is 6.88. The van der Waals surface area contributed by atoms with Crippen LogP contribution in [-0.2, 0) is 19.6 Å². The largest absolute Gasteiger partial charge is 0.468 e. The van der Waals surface area contributed by atoms with Crippen LogP contribution in [0.1, 0.15) is 20.3 Å². The minimum Gasteiger partial charge on any atom is -0.468 e. The van der Waals surface area contributed by atoms with Crippen LogP contribution in [0.5, 0.6) is 0 Å². The van der Waals surface area contributed by atoms with Crippen molar-refractivity contribution in [3.63, 3.8) is 0 Å². The van der Waals surface area contributed by atoms with E-state index in [9.17, 15) is 13.2 Å². The van der Waals surface area contributed by atoms with Gasteiger partial charge in [0.2, 0.25) is 10.0 Å². The average molecular weight is 264 g/mol. The van der Waals surface area contributed by atoms with Crippen molar-refractivity contribution in [1.82, 2.24) is 4.31 Å². The predicted octanol–water partition coefficient (Wildman–Crippen LogP) is -0.453. The van der Waals surface area contributed by atoms with Crippen LogP contribution in [0.3, 0.4) is 0 Å². The molecule has 1 rings (SSSR count). The summed E-state index contributed by atoms with van der Waals surface area (Å²) in [6.07, 6.45) is 0.804. The molecule has 1 aliphatic heterocycles. The molecule has 100 valence electrons. The van der Waals surface area contributed by atoms with Crippen molar-refractivity contribution in [2.45, 2.75) is 31.6 Å². The summed E-state index contributed by atoms with van der Waals surface area (Å²) in [5, 5.41) is -1.18. The summed E-state index contributed by atoms with van der Waals surface area (Å²) in [6, 6.07) is -0.168. The molecule has 0 radical (unpaired) electrons. The van der Waals surface area contributed by atoms with Gasteiger partial charge in [-0.2, -0.15) is 4.31 Å². The number of methoxy groups -OCH3 is 1. The van der Waals surface area contributed by atoms with E-state index < -0.39 is 21.2 Å². The molecule has 0 amide bonds. The standard InChI is InChI=1S/C10H20N2O4S/c1-7-4-9(11)6-12(5-7)17(14,15)8(2)10(13)16-3/h7-9H,4-6,11H2,1-3H3. The Hall–Kier alpha value is -0.660. The molecule has 0 bridgehead atoms. The van der Waals surface area contributed by atoms with E-state index in [1.165, 1.54) is 18.3 Å². The van der Waals surface area contributed by atoms with Crippen LogP contribution >= 0.6 is 0 Å². The van der Waals surface area contributed by atoms with E-state index in [4.69, 9.17) is 5.73 Å². The van der Waals surface area contributed by atoms with Gasteiger partial charge in [0.1, 0.15) is 0 Å². The highest BCUT2D eigenvalue weighted by Gasteiger charge is 2.38. The first-order chi connectivity index (χ1) is 7.78. The van der Waals surface area contributed by atoms with Gasteiger partial charge in [-0.25, -0.2) is 8.42 Å². The van der Waals surface area contributed by atoms with Crippen LogP contribution in [0.2, 0.25) is 0 Å². The Kier molecular flexibility index (Phi) is 4.51. The summed E-state index contributed by atoms with van der Waals surface area (Å²) in [7, 11) is -2.48. The van der Waals surface area contributed by atoms with Crippen LogP contribution in [-0.4, -0.2) is 50.2 Å². The lowest BCUT2D eigenvalue weighted by molar-refractivity contribution is -0.139. The Bertz CT molecular complexity index is 372. The number of hydrogen-bond donors (Lipinski definition) is 1. The molecule has 7 heteroatoms. The number of nitrogens with zero attached hydrogens (tertiary/aromatic N) is 1. The van der Waals surface area contributed by atoms with Crippen molar-refractivity contribution in [2.75, 3.05) is 20.2 Å². The molecule has 1 aliphatic rings. The van der Waals surface area contributed by atoms with E-state index >= 15 is 0 Å². The van der Waals surface area contributed by atoms with Gasteiger partial charge in [-0.05, 0) is 19.3 Å². The smallest absolute Gasteiger partial charge is 0.325 e. The Balaban J connectivity index is 2.86. The molecule has 0 aromatic heterocycles. The quantitative estimate of drug-likeness (QED) is 0.697. The second kappa shape index (κ2) is 5.32. The first-order valence-corrected chi connectivity index (χ1v) is 7.11. The van der Waals surface area contributed by atoms with Gasteiger partial charge in [0.15, 0.2) is 5.25 Å². The summed E-state index contributed by atoms with van der Waals surface area (Å²) in [5.41, 5.74) is 5.80. The van der Waals surface area contributed by atoms with Gasteiger partial charge in [0.05, 0.1) is 7.11 Å². The highest BCUT2D eigenvalue weighted by Crippen LogP contribution is 2.20. The predicted molar refractivity (Wildman–Crippen MR) is 63.7 cm³/mol. The highest BCUT2D eigenvalue weighted by molar-refractivity contribution is 7.90. The van der Waals surface area contributed by atoms with Gasteiger partial charge >= 0.3 is 5.97 Å². The van der Waals surface area contributed by atoms with Crippen LogP contribution in [0.25, 0.3) is 0 Å². The van der Waals surface area contributed by atoms with Gasteiger partial charge in [0.25, 0.3) is 0 Å². The number of esters is 1. The topological polar surface area (TPSA) is 89.7 Å². The number of ether oxygens (including phenoxy) is 1. The fraction of sp³-hybridized carbons (Fsp3) is 0.900. The van der Waals surface area contributed by atoms with Crippen LogP contribution < -0.4 is 5.73 Å². The maximum Gasteiger partial charge on any atom is 0.325 e. The maximum atomic E-state index is 12.1. The maximum absolute atomic E-state index is 12.1. The van der Waals surface area contributed by atoms with Crippen LogP contribution in [0.15, 0.2) is 0 Å². The fourth-order valence-electron chi connectivity index (χ4n) is 2.07. The van der Waals surface area contributed by atoms with E-state index in [-0.39, 0.29) is 18.5 Å². The molecule has 0 saturated carbocycles. The van der Waals surface area contributed by atoms with Gasteiger partial charge in [-0.1, -0.05) is 6.92 Å². The van der Waals surface area contributed by atoms with E-state index in [2.05, 4.69) is 4.74 Å². The zero-order chi connectivity index (χ0) is 13.2. The number of rotatable bonds is 3. The van der Waals surface area contributed by atoms with Gasteiger partial charge in [-0.3, -0.25) is 4.79 Å². The van der Waals surface area contributed by atoms with Crippen molar-refractivity contribution >= 4 is 16.0 Å². The van der Waals surface area contributed by atoms with Gasteiger partial charge in [-0.15, -0.1) is 0 Å². The van der Waals surface area contributed by atoms with E-state index in [1.807, 2.05) is 6.92 Å². The molecular weight excluding hydrogens is 244 g/mol. The third-order valence-electron chi connectivity index (χ3n) is 3.00. The average Bonchev–Trinajstić information content (AvgIpc) is 2.25. The van der Waals surface area contributed by atoms with E-state index in [1.54, 1.807) is 0 Å². The van der Waals surface area contributed by atoms with Crippen molar-refractivity contribution in [3.8, 4) is 0 Å². The summed E-state index contributed by atoms with van der Waals surface area (Å²) in [5.74, 6) is -0.532. The zero-order valence-electron chi connectivity index (χ0n) is 10.4. The molecule has 17 heavy (non-hydrogen) atoms. The van der Waals surface area contributed by atoms with Crippen molar-refractivity contribution < 1.29 is 17.9 Å². The normalized spacial score (nSPS) is 28.7. The van der Waals surface area contributed by atoms with Gasteiger partial charge in [0, 0.05) is 19.1 Å². The molecule has 6 nitrogen and oxygen atoms in total. The molecule has 1 fully saturated rings. The van der Waals surface area contributed by atoms with Crippen molar-refractivity contribution in [1.29, 1.82) is 0 Å². The first-order valence-electron chi connectivity index (χ1n) is 5.61. The number of sulfonamides is 1.